The van der Waals surface area contributed by atoms with Crippen LogP contribution >= 0.6 is 0 Å². The minimum absolute atomic E-state index is 0.234. The van der Waals surface area contributed by atoms with E-state index in [1.165, 1.54) is 18.4 Å². The normalized spacial score (nSPS) is 22.2. The molecule has 1 fully saturated rings. The Morgan fingerprint density at radius 3 is 2.45 bits per heavy atom. The Labute approximate surface area is 122 Å². The Bertz CT molecular complexity index is 470. The quantitative estimate of drug-likeness (QED) is 0.841. The molecule has 1 amide bonds. The van der Waals surface area contributed by atoms with Crippen molar-refractivity contribution in [1.29, 1.82) is 0 Å². The van der Waals surface area contributed by atoms with Gasteiger partial charge in [0.25, 0.3) is 0 Å². The summed E-state index contributed by atoms with van der Waals surface area (Å²) in [6.07, 6.45) is 4.04. The van der Waals surface area contributed by atoms with Gasteiger partial charge < -0.3 is 9.80 Å². The number of carbonyl (C=O) groups is 1. The van der Waals surface area contributed by atoms with Gasteiger partial charge in [-0.25, -0.2) is 0 Å². The first-order valence-corrected chi connectivity index (χ1v) is 7.60. The second kappa shape index (κ2) is 6.40. The molecule has 2 rings (SSSR count). The number of likely N-dealkylation sites (N-methyl/N-ethyl adjacent to an activating group) is 1. The van der Waals surface area contributed by atoms with Crippen molar-refractivity contribution in [1.82, 2.24) is 4.90 Å². The summed E-state index contributed by atoms with van der Waals surface area (Å²) in [6, 6.07) is 8.99. The molecule has 1 saturated carbocycles. The fraction of sp³-hybridized carbons (Fsp3) is 0.588. The van der Waals surface area contributed by atoms with Crippen LogP contribution in [-0.4, -0.2) is 37.0 Å². The van der Waals surface area contributed by atoms with Crippen LogP contribution in [0.25, 0.3) is 0 Å². The third-order valence-electron chi connectivity index (χ3n) is 4.39. The van der Waals surface area contributed by atoms with Crippen molar-refractivity contribution in [3.05, 3.63) is 29.8 Å². The van der Waals surface area contributed by atoms with Crippen molar-refractivity contribution in [2.75, 3.05) is 19.0 Å². The summed E-state index contributed by atoms with van der Waals surface area (Å²) in [6.45, 7) is 4.04. The van der Waals surface area contributed by atoms with Gasteiger partial charge in [-0.15, -0.1) is 0 Å². The van der Waals surface area contributed by atoms with Crippen LogP contribution in [0.1, 0.15) is 38.2 Å². The highest BCUT2D eigenvalue weighted by Gasteiger charge is 2.36. The third kappa shape index (κ3) is 2.88. The number of aryl methyl sites for hydroxylation is 1. The van der Waals surface area contributed by atoms with Crippen molar-refractivity contribution in [2.24, 2.45) is 0 Å². The fourth-order valence-corrected chi connectivity index (χ4v) is 3.33. The van der Waals surface area contributed by atoms with Gasteiger partial charge in [0.05, 0.1) is 6.04 Å². The fourth-order valence-electron chi connectivity index (χ4n) is 3.33. The van der Waals surface area contributed by atoms with Gasteiger partial charge >= 0.3 is 0 Å². The van der Waals surface area contributed by atoms with E-state index in [2.05, 4.69) is 43.0 Å². The molecule has 0 heterocycles. The molecule has 0 saturated heterocycles. The maximum atomic E-state index is 12.5. The Morgan fingerprint density at radius 2 is 1.85 bits per heavy atom. The standard InChI is InChI=1S/C17H26N2O/c1-5-17(20)19(14-10-7-6-9-13(14)2)16-12-8-11-15(16)18(3)4/h6-7,9-10,15-16H,5,8,11-12H2,1-4H3. The molecule has 0 spiro atoms. The van der Waals surface area contributed by atoms with Crippen molar-refractivity contribution < 1.29 is 4.79 Å². The van der Waals surface area contributed by atoms with E-state index in [0.717, 1.165) is 12.1 Å². The molecule has 0 bridgehead atoms. The molecule has 1 aromatic carbocycles. The molecule has 1 aliphatic carbocycles. The Hall–Kier alpha value is -1.35. The predicted octanol–water partition coefficient (Wildman–Crippen LogP) is 3.22. The van der Waals surface area contributed by atoms with Gasteiger partial charge in [0.2, 0.25) is 5.91 Å². The van der Waals surface area contributed by atoms with E-state index in [4.69, 9.17) is 0 Å². The van der Waals surface area contributed by atoms with E-state index < -0.39 is 0 Å². The highest BCUT2D eigenvalue weighted by atomic mass is 16.2. The molecule has 0 N–H and O–H groups in total. The minimum atomic E-state index is 0.234. The zero-order chi connectivity index (χ0) is 14.7. The van der Waals surface area contributed by atoms with Gasteiger partial charge in [0.15, 0.2) is 0 Å². The van der Waals surface area contributed by atoms with E-state index in [1.54, 1.807) is 0 Å². The topological polar surface area (TPSA) is 23.6 Å². The highest BCUT2D eigenvalue weighted by molar-refractivity contribution is 5.94. The summed E-state index contributed by atoms with van der Waals surface area (Å²) in [5.41, 5.74) is 2.26. The van der Waals surface area contributed by atoms with Crippen molar-refractivity contribution >= 4 is 11.6 Å². The number of hydrogen-bond acceptors (Lipinski definition) is 2. The molecule has 3 nitrogen and oxygen atoms in total. The van der Waals surface area contributed by atoms with Crippen LogP contribution in [0.4, 0.5) is 5.69 Å². The average molecular weight is 274 g/mol. The zero-order valence-electron chi connectivity index (χ0n) is 13.1. The molecular formula is C17H26N2O. The summed E-state index contributed by atoms with van der Waals surface area (Å²) < 4.78 is 0. The first-order valence-electron chi connectivity index (χ1n) is 7.60. The SMILES string of the molecule is CCC(=O)N(c1ccccc1C)C1CCCC1N(C)C. The van der Waals surface area contributed by atoms with E-state index in [9.17, 15) is 4.79 Å². The van der Waals surface area contributed by atoms with E-state index >= 15 is 0 Å². The molecular weight excluding hydrogens is 248 g/mol. The van der Waals surface area contributed by atoms with E-state index in [0.29, 0.717) is 18.5 Å². The molecule has 2 atom stereocenters. The van der Waals surface area contributed by atoms with Crippen LogP contribution in [0.3, 0.4) is 0 Å². The number of benzene rings is 1. The van der Waals surface area contributed by atoms with Gasteiger partial charge in [-0.2, -0.15) is 0 Å². The Morgan fingerprint density at radius 1 is 1.20 bits per heavy atom. The van der Waals surface area contributed by atoms with Crippen LogP contribution in [0.2, 0.25) is 0 Å². The molecule has 20 heavy (non-hydrogen) atoms. The van der Waals surface area contributed by atoms with E-state index in [-0.39, 0.29) is 5.91 Å². The monoisotopic (exact) mass is 274 g/mol. The lowest BCUT2D eigenvalue weighted by Gasteiger charge is -2.36. The summed E-state index contributed by atoms with van der Waals surface area (Å²) in [5.74, 6) is 0.234. The number of para-hydroxylation sites is 1. The van der Waals surface area contributed by atoms with Crippen LogP contribution in [-0.2, 0) is 4.79 Å². The molecule has 1 aliphatic rings. The van der Waals surface area contributed by atoms with Crippen molar-refractivity contribution in [2.45, 2.75) is 51.6 Å². The van der Waals surface area contributed by atoms with Crippen LogP contribution < -0.4 is 4.90 Å². The maximum Gasteiger partial charge on any atom is 0.227 e. The van der Waals surface area contributed by atoms with Crippen LogP contribution in [0.15, 0.2) is 24.3 Å². The summed E-state index contributed by atoms with van der Waals surface area (Å²) in [5, 5.41) is 0. The van der Waals surface area contributed by atoms with Gasteiger partial charge in [-0.1, -0.05) is 25.1 Å². The van der Waals surface area contributed by atoms with Crippen LogP contribution in [0, 0.1) is 6.92 Å². The van der Waals surface area contributed by atoms with Gasteiger partial charge in [-0.05, 0) is 51.9 Å². The van der Waals surface area contributed by atoms with Gasteiger partial charge in [0, 0.05) is 18.2 Å². The molecule has 2 unspecified atom stereocenters. The van der Waals surface area contributed by atoms with Crippen molar-refractivity contribution in [3.8, 4) is 0 Å². The number of amides is 1. The lowest BCUT2D eigenvalue weighted by molar-refractivity contribution is -0.119. The highest BCUT2D eigenvalue weighted by Crippen LogP contribution is 2.32. The lowest BCUT2D eigenvalue weighted by atomic mass is 10.1. The smallest absolute Gasteiger partial charge is 0.227 e. The Kier molecular flexibility index (Phi) is 4.81. The molecule has 3 heteroatoms. The number of rotatable bonds is 4. The first kappa shape index (κ1) is 15.0. The van der Waals surface area contributed by atoms with Crippen molar-refractivity contribution in [3.63, 3.8) is 0 Å². The average Bonchev–Trinajstić information content (AvgIpc) is 2.90. The van der Waals surface area contributed by atoms with Gasteiger partial charge in [0.1, 0.15) is 0 Å². The molecule has 0 aliphatic heterocycles. The summed E-state index contributed by atoms with van der Waals surface area (Å²) in [7, 11) is 4.24. The summed E-state index contributed by atoms with van der Waals surface area (Å²) in [4.78, 5) is 16.9. The molecule has 0 radical (unpaired) electrons. The summed E-state index contributed by atoms with van der Waals surface area (Å²) >= 11 is 0. The largest absolute Gasteiger partial charge is 0.308 e. The number of nitrogens with zero attached hydrogens (tertiary/aromatic N) is 2. The lowest BCUT2D eigenvalue weighted by Crippen LogP contribution is -2.49. The number of carbonyl (C=O) groups excluding carboxylic acids is 1. The van der Waals surface area contributed by atoms with Crippen LogP contribution in [0.5, 0.6) is 0 Å². The molecule has 0 aromatic heterocycles. The second-order valence-electron chi connectivity index (χ2n) is 5.93. The minimum Gasteiger partial charge on any atom is -0.308 e. The number of hydrogen-bond donors (Lipinski definition) is 0. The zero-order valence-corrected chi connectivity index (χ0v) is 13.1. The maximum absolute atomic E-state index is 12.5. The third-order valence-corrected chi connectivity index (χ3v) is 4.39. The predicted molar refractivity (Wildman–Crippen MR) is 84.1 cm³/mol. The van der Waals surface area contributed by atoms with E-state index in [1.807, 2.05) is 19.1 Å². The number of anilines is 1. The molecule has 1 aromatic rings. The molecule has 110 valence electrons. The first-order chi connectivity index (χ1) is 9.56. The van der Waals surface area contributed by atoms with Gasteiger partial charge in [-0.3, -0.25) is 4.79 Å². The Balaban J connectivity index is 2.38. The second-order valence-corrected chi connectivity index (χ2v) is 5.93.